The van der Waals surface area contributed by atoms with Crippen molar-refractivity contribution in [1.82, 2.24) is 4.31 Å². The topological polar surface area (TPSA) is 87.2 Å². The smallest absolute Gasteiger partial charge is 0.304 e. The Morgan fingerprint density at radius 1 is 1.30 bits per heavy atom. The Hall–Kier alpha value is -1.80. The van der Waals surface area contributed by atoms with Crippen molar-refractivity contribution < 1.29 is 23.1 Å². The monoisotopic (exact) mass is 302 g/mol. The molecule has 1 aromatic rings. The highest BCUT2D eigenvalue weighted by molar-refractivity contribution is 7.90. The number of methoxy groups -OCH3 is 1. The first-order chi connectivity index (χ1) is 9.30. The summed E-state index contributed by atoms with van der Waals surface area (Å²) in [7, 11) is 0.386. The maximum Gasteiger partial charge on any atom is 0.304 e. The average Bonchev–Trinajstić information content (AvgIpc) is 2.43. The Morgan fingerprint density at radius 3 is 2.45 bits per heavy atom. The van der Waals surface area contributed by atoms with Gasteiger partial charge in [-0.2, -0.15) is 12.7 Å². The summed E-state index contributed by atoms with van der Waals surface area (Å²) in [6.45, 7) is -0.100. The predicted octanol–water partition coefficient (Wildman–Crippen LogP) is 0.783. The molecule has 0 bridgehead atoms. The summed E-state index contributed by atoms with van der Waals surface area (Å²) >= 11 is 0. The molecule has 7 nitrogen and oxygen atoms in total. The number of para-hydroxylation sites is 2. The minimum atomic E-state index is -3.80. The van der Waals surface area contributed by atoms with Gasteiger partial charge in [-0.05, 0) is 12.1 Å². The number of ether oxygens (including phenoxy) is 1. The van der Waals surface area contributed by atoms with Crippen LogP contribution in [0.15, 0.2) is 24.3 Å². The molecule has 0 saturated heterocycles. The summed E-state index contributed by atoms with van der Waals surface area (Å²) in [5.41, 5.74) is 0.386. The first-order valence-corrected chi connectivity index (χ1v) is 7.25. The summed E-state index contributed by atoms with van der Waals surface area (Å²) < 4.78 is 31.8. The quantitative estimate of drug-likeness (QED) is 0.804. The van der Waals surface area contributed by atoms with E-state index in [4.69, 9.17) is 9.84 Å². The van der Waals surface area contributed by atoms with E-state index in [-0.39, 0.29) is 13.0 Å². The number of carboxylic acids is 1. The predicted molar refractivity (Wildman–Crippen MR) is 75.2 cm³/mol. The Bertz CT molecular complexity index is 573. The second-order valence-corrected chi connectivity index (χ2v) is 6.18. The lowest BCUT2D eigenvalue weighted by Crippen LogP contribution is -2.40. The van der Waals surface area contributed by atoms with Gasteiger partial charge < -0.3 is 9.84 Å². The van der Waals surface area contributed by atoms with E-state index in [0.29, 0.717) is 11.4 Å². The Kier molecular flexibility index (Phi) is 5.34. The highest BCUT2D eigenvalue weighted by Gasteiger charge is 2.26. The minimum Gasteiger partial charge on any atom is -0.495 e. The Morgan fingerprint density at radius 2 is 1.90 bits per heavy atom. The van der Waals surface area contributed by atoms with Gasteiger partial charge in [0.05, 0.1) is 19.2 Å². The van der Waals surface area contributed by atoms with Gasteiger partial charge in [-0.25, -0.2) is 0 Å². The van der Waals surface area contributed by atoms with Crippen LogP contribution in [0.2, 0.25) is 0 Å². The molecule has 1 aromatic carbocycles. The average molecular weight is 302 g/mol. The second kappa shape index (κ2) is 6.58. The molecule has 0 amide bonds. The Balaban J connectivity index is 2.99. The van der Waals surface area contributed by atoms with E-state index in [1.54, 1.807) is 24.3 Å². The zero-order chi connectivity index (χ0) is 15.3. The van der Waals surface area contributed by atoms with Crippen molar-refractivity contribution in [2.24, 2.45) is 0 Å². The number of benzene rings is 1. The zero-order valence-corrected chi connectivity index (χ0v) is 12.4. The van der Waals surface area contributed by atoms with Gasteiger partial charge in [0.25, 0.3) is 0 Å². The lowest BCUT2D eigenvalue weighted by atomic mass is 10.3. The van der Waals surface area contributed by atoms with Gasteiger partial charge >= 0.3 is 16.2 Å². The van der Waals surface area contributed by atoms with Gasteiger partial charge in [-0.3, -0.25) is 9.10 Å². The van der Waals surface area contributed by atoms with Crippen LogP contribution in [0.4, 0.5) is 5.69 Å². The van der Waals surface area contributed by atoms with Crippen LogP contribution in [0.1, 0.15) is 6.42 Å². The molecule has 112 valence electrons. The molecule has 0 aliphatic carbocycles. The van der Waals surface area contributed by atoms with E-state index < -0.39 is 16.2 Å². The number of rotatable bonds is 7. The molecule has 0 spiro atoms. The van der Waals surface area contributed by atoms with Crippen molar-refractivity contribution in [3.8, 4) is 5.75 Å². The largest absolute Gasteiger partial charge is 0.495 e. The third-order valence-electron chi connectivity index (χ3n) is 2.80. The van der Waals surface area contributed by atoms with E-state index in [1.165, 1.54) is 21.2 Å². The van der Waals surface area contributed by atoms with Gasteiger partial charge in [-0.15, -0.1) is 0 Å². The summed E-state index contributed by atoms with van der Waals surface area (Å²) in [5, 5.41) is 8.61. The van der Waals surface area contributed by atoms with Crippen LogP contribution in [0.3, 0.4) is 0 Å². The fourth-order valence-electron chi connectivity index (χ4n) is 1.59. The number of nitrogens with zero attached hydrogens (tertiary/aromatic N) is 2. The molecule has 0 radical (unpaired) electrons. The fraction of sp³-hybridized carbons (Fsp3) is 0.417. The van der Waals surface area contributed by atoms with E-state index >= 15 is 0 Å². The zero-order valence-electron chi connectivity index (χ0n) is 11.6. The SMILES string of the molecule is COc1ccccc1N(C)S(=O)(=O)N(C)CCC(=O)O. The van der Waals surface area contributed by atoms with Crippen molar-refractivity contribution in [2.75, 3.05) is 32.1 Å². The molecule has 20 heavy (non-hydrogen) atoms. The van der Waals surface area contributed by atoms with Crippen molar-refractivity contribution in [3.63, 3.8) is 0 Å². The molecule has 0 unspecified atom stereocenters. The lowest BCUT2D eigenvalue weighted by Gasteiger charge is -2.26. The van der Waals surface area contributed by atoms with E-state index in [1.807, 2.05) is 0 Å². The number of carbonyl (C=O) groups is 1. The summed E-state index contributed by atoms with van der Waals surface area (Å²) in [5.74, 6) is -0.628. The molecule has 0 atom stereocenters. The van der Waals surface area contributed by atoms with Crippen molar-refractivity contribution in [3.05, 3.63) is 24.3 Å². The van der Waals surface area contributed by atoms with Gasteiger partial charge in [0, 0.05) is 20.6 Å². The van der Waals surface area contributed by atoms with Crippen LogP contribution < -0.4 is 9.04 Å². The highest BCUT2D eigenvalue weighted by Crippen LogP contribution is 2.29. The molecular weight excluding hydrogens is 284 g/mol. The summed E-state index contributed by atoms with van der Waals surface area (Å²) in [6.07, 6.45) is -0.254. The maximum atomic E-state index is 12.3. The number of hydrogen-bond acceptors (Lipinski definition) is 4. The normalized spacial score (nSPS) is 11.4. The number of carboxylic acid groups (broad SMARTS) is 1. The number of hydrogen-bond donors (Lipinski definition) is 1. The maximum absolute atomic E-state index is 12.3. The molecule has 0 aliphatic heterocycles. The molecule has 1 rings (SSSR count). The molecule has 0 fully saturated rings. The molecule has 0 saturated carbocycles. The standard InChI is InChI=1S/C12H18N2O5S/c1-13(9-8-12(15)16)20(17,18)14(2)10-6-4-5-7-11(10)19-3/h4-7H,8-9H2,1-3H3,(H,15,16). The molecule has 0 heterocycles. The van der Waals surface area contributed by atoms with Crippen molar-refractivity contribution >= 4 is 21.9 Å². The number of aliphatic carboxylic acids is 1. The molecule has 0 aliphatic rings. The van der Waals surface area contributed by atoms with E-state index in [0.717, 1.165) is 8.61 Å². The second-order valence-electron chi connectivity index (χ2n) is 4.11. The van der Waals surface area contributed by atoms with Crippen molar-refractivity contribution in [1.29, 1.82) is 0 Å². The van der Waals surface area contributed by atoms with Crippen LogP contribution in [-0.4, -0.2) is 51.5 Å². The van der Waals surface area contributed by atoms with Crippen molar-refractivity contribution in [2.45, 2.75) is 6.42 Å². The fourth-order valence-corrected chi connectivity index (χ4v) is 2.73. The van der Waals surface area contributed by atoms with Gasteiger partial charge in [-0.1, -0.05) is 12.1 Å². The molecule has 1 N–H and O–H groups in total. The first kappa shape index (κ1) is 16.3. The van der Waals surface area contributed by atoms with Crippen LogP contribution in [-0.2, 0) is 15.0 Å². The molecular formula is C12H18N2O5S. The van der Waals surface area contributed by atoms with Crippen LogP contribution >= 0.6 is 0 Å². The van der Waals surface area contributed by atoms with Crippen LogP contribution in [0.25, 0.3) is 0 Å². The van der Waals surface area contributed by atoms with E-state index in [2.05, 4.69) is 0 Å². The lowest BCUT2D eigenvalue weighted by molar-refractivity contribution is -0.137. The summed E-state index contributed by atoms with van der Waals surface area (Å²) in [4.78, 5) is 10.5. The van der Waals surface area contributed by atoms with Crippen LogP contribution in [0.5, 0.6) is 5.75 Å². The minimum absolute atomic E-state index is 0.100. The van der Waals surface area contributed by atoms with E-state index in [9.17, 15) is 13.2 Å². The first-order valence-electron chi connectivity index (χ1n) is 5.85. The van der Waals surface area contributed by atoms with Gasteiger partial charge in [0.15, 0.2) is 0 Å². The third kappa shape index (κ3) is 3.61. The molecule has 8 heteroatoms. The Labute approximate surface area is 118 Å². The van der Waals surface area contributed by atoms with Gasteiger partial charge in [0.1, 0.15) is 5.75 Å². The summed E-state index contributed by atoms with van der Waals surface area (Å²) in [6, 6.07) is 6.69. The number of anilines is 1. The van der Waals surface area contributed by atoms with Gasteiger partial charge in [0.2, 0.25) is 0 Å². The third-order valence-corrected chi connectivity index (χ3v) is 4.66. The highest BCUT2D eigenvalue weighted by atomic mass is 32.2. The van der Waals surface area contributed by atoms with Crippen LogP contribution in [0, 0.1) is 0 Å². The molecule has 0 aromatic heterocycles.